The summed E-state index contributed by atoms with van der Waals surface area (Å²) in [5, 5.41) is 4.51. The molecule has 1 atom stereocenters. The second-order valence-electron chi connectivity index (χ2n) is 5.32. The van der Waals surface area contributed by atoms with E-state index in [0.717, 1.165) is 18.6 Å². The van der Waals surface area contributed by atoms with E-state index in [0.29, 0.717) is 6.04 Å². The van der Waals surface area contributed by atoms with Gasteiger partial charge in [-0.05, 0) is 38.6 Å². The molecule has 2 heterocycles. The molecule has 1 aromatic heterocycles. The fourth-order valence-corrected chi connectivity index (χ4v) is 2.97. The Bertz CT molecular complexity index is 552. The van der Waals surface area contributed by atoms with E-state index in [1.165, 1.54) is 30.5 Å². The zero-order chi connectivity index (χ0) is 13.1. The molecule has 1 aromatic carbocycles. The smallest absolute Gasteiger partial charge is 0.0705 e. The van der Waals surface area contributed by atoms with Gasteiger partial charge in [0.05, 0.1) is 11.2 Å². The molecule has 0 radical (unpaired) electrons. The number of rotatable bonds is 4. The molecule has 0 amide bonds. The standard InChI is InChI=1S/C16H21N3/c1-17-11-15-6-4-10-19(15)12-14-9-8-13-5-2-3-7-16(13)18-14/h2-3,5,7-9,15,17H,4,6,10-12H2,1H3. The van der Waals surface area contributed by atoms with E-state index in [4.69, 9.17) is 4.98 Å². The van der Waals surface area contributed by atoms with Gasteiger partial charge in [-0.15, -0.1) is 0 Å². The largest absolute Gasteiger partial charge is 0.318 e. The van der Waals surface area contributed by atoms with Gasteiger partial charge in [-0.25, -0.2) is 0 Å². The van der Waals surface area contributed by atoms with Crippen LogP contribution in [0.3, 0.4) is 0 Å². The van der Waals surface area contributed by atoms with Gasteiger partial charge < -0.3 is 5.32 Å². The zero-order valence-corrected chi connectivity index (χ0v) is 11.5. The van der Waals surface area contributed by atoms with Crippen LogP contribution in [-0.2, 0) is 6.54 Å². The van der Waals surface area contributed by atoms with E-state index in [9.17, 15) is 0 Å². The second kappa shape index (κ2) is 5.68. The lowest BCUT2D eigenvalue weighted by Crippen LogP contribution is -2.36. The average Bonchev–Trinajstić information content (AvgIpc) is 2.86. The average molecular weight is 255 g/mol. The van der Waals surface area contributed by atoms with Crippen LogP contribution in [-0.4, -0.2) is 36.1 Å². The summed E-state index contributed by atoms with van der Waals surface area (Å²) in [7, 11) is 2.03. The van der Waals surface area contributed by atoms with E-state index in [1.807, 2.05) is 7.05 Å². The van der Waals surface area contributed by atoms with Gasteiger partial charge in [-0.2, -0.15) is 0 Å². The van der Waals surface area contributed by atoms with Crippen molar-refractivity contribution in [2.24, 2.45) is 0 Å². The number of hydrogen-bond acceptors (Lipinski definition) is 3. The molecular weight excluding hydrogens is 234 g/mol. The van der Waals surface area contributed by atoms with Crippen LogP contribution in [0.2, 0.25) is 0 Å². The Hall–Kier alpha value is -1.45. The highest BCUT2D eigenvalue weighted by atomic mass is 15.2. The first-order valence-electron chi connectivity index (χ1n) is 7.10. The van der Waals surface area contributed by atoms with E-state index in [-0.39, 0.29) is 0 Å². The SMILES string of the molecule is CNCC1CCCN1Cc1ccc2ccccc2n1. The first-order chi connectivity index (χ1) is 9.36. The number of fused-ring (bicyclic) bond motifs is 1. The van der Waals surface area contributed by atoms with Crippen molar-refractivity contribution in [1.29, 1.82) is 0 Å². The number of benzene rings is 1. The van der Waals surface area contributed by atoms with Crippen molar-refractivity contribution in [3.63, 3.8) is 0 Å². The summed E-state index contributed by atoms with van der Waals surface area (Å²) in [6.45, 7) is 3.24. The summed E-state index contributed by atoms with van der Waals surface area (Å²) in [5.41, 5.74) is 2.28. The van der Waals surface area contributed by atoms with Crippen LogP contribution in [0.15, 0.2) is 36.4 Å². The lowest BCUT2D eigenvalue weighted by Gasteiger charge is -2.23. The van der Waals surface area contributed by atoms with Gasteiger partial charge in [0.2, 0.25) is 0 Å². The van der Waals surface area contributed by atoms with Crippen LogP contribution < -0.4 is 5.32 Å². The lowest BCUT2D eigenvalue weighted by molar-refractivity contribution is 0.240. The maximum absolute atomic E-state index is 4.77. The normalized spacial score (nSPS) is 20.2. The number of para-hydroxylation sites is 1. The van der Waals surface area contributed by atoms with E-state index < -0.39 is 0 Å². The second-order valence-corrected chi connectivity index (χ2v) is 5.32. The molecule has 1 unspecified atom stereocenters. The van der Waals surface area contributed by atoms with Gasteiger partial charge in [-0.1, -0.05) is 24.3 Å². The van der Waals surface area contributed by atoms with Crippen LogP contribution in [0.5, 0.6) is 0 Å². The molecule has 0 saturated carbocycles. The predicted octanol–water partition coefficient (Wildman–Crippen LogP) is 2.42. The summed E-state index contributed by atoms with van der Waals surface area (Å²) in [4.78, 5) is 7.32. The molecule has 0 spiro atoms. The third-order valence-electron chi connectivity index (χ3n) is 3.96. The fraction of sp³-hybridized carbons (Fsp3) is 0.438. The van der Waals surface area contributed by atoms with Crippen molar-refractivity contribution in [3.8, 4) is 0 Å². The Kier molecular flexibility index (Phi) is 3.76. The molecule has 3 nitrogen and oxygen atoms in total. The summed E-state index contributed by atoms with van der Waals surface area (Å²) in [6.07, 6.45) is 2.61. The Morgan fingerprint density at radius 1 is 1.26 bits per heavy atom. The number of likely N-dealkylation sites (tertiary alicyclic amines) is 1. The predicted molar refractivity (Wildman–Crippen MR) is 79.1 cm³/mol. The highest BCUT2D eigenvalue weighted by Gasteiger charge is 2.23. The van der Waals surface area contributed by atoms with Gasteiger partial charge in [0.15, 0.2) is 0 Å². The number of pyridine rings is 1. The van der Waals surface area contributed by atoms with E-state index in [2.05, 4.69) is 46.6 Å². The van der Waals surface area contributed by atoms with E-state index in [1.54, 1.807) is 0 Å². The maximum Gasteiger partial charge on any atom is 0.0705 e. The molecule has 3 rings (SSSR count). The molecular formula is C16H21N3. The van der Waals surface area contributed by atoms with Crippen LogP contribution in [0.4, 0.5) is 0 Å². The molecule has 1 aliphatic rings. The van der Waals surface area contributed by atoms with Gasteiger partial charge in [-0.3, -0.25) is 9.88 Å². The number of likely N-dealkylation sites (N-methyl/N-ethyl adjacent to an activating group) is 1. The quantitative estimate of drug-likeness (QED) is 0.909. The van der Waals surface area contributed by atoms with Crippen molar-refractivity contribution in [2.75, 3.05) is 20.1 Å². The third-order valence-corrected chi connectivity index (χ3v) is 3.96. The van der Waals surface area contributed by atoms with Crippen molar-refractivity contribution < 1.29 is 0 Å². The van der Waals surface area contributed by atoms with Crippen molar-refractivity contribution in [3.05, 3.63) is 42.1 Å². The van der Waals surface area contributed by atoms with Gasteiger partial charge >= 0.3 is 0 Å². The third kappa shape index (κ3) is 2.77. The first kappa shape index (κ1) is 12.6. The highest BCUT2D eigenvalue weighted by Crippen LogP contribution is 2.20. The fourth-order valence-electron chi connectivity index (χ4n) is 2.97. The van der Waals surface area contributed by atoms with Crippen molar-refractivity contribution in [1.82, 2.24) is 15.2 Å². The number of nitrogens with one attached hydrogen (secondary N) is 1. The summed E-state index contributed by atoms with van der Waals surface area (Å²) in [6, 6.07) is 13.3. The van der Waals surface area contributed by atoms with Crippen LogP contribution in [0.25, 0.3) is 10.9 Å². The Morgan fingerprint density at radius 3 is 3.05 bits per heavy atom. The summed E-state index contributed by atoms with van der Waals surface area (Å²) >= 11 is 0. The minimum absolute atomic E-state index is 0.665. The Labute approximate surface area is 114 Å². The number of nitrogens with zero attached hydrogens (tertiary/aromatic N) is 2. The summed E-state index contributed by atoms with van der Waals surface area (Å²) < 4.78 is 0. The Balaban J connectivity index is 1.77. The molecule has 0 bridgehead atoms. The van der Waals surface area contributed by atoms with Crippen LogP contribution in [0.1, 0.15) is 18.5 Å². The van der Waals surface area contributed by atoms with Crippen LogP contribution in [0, 0.1) is 0 Å². The minimum atomic E-state index is 0.665. The molecule has 0 aliphatic carbocycles. The van der Waals surface area contributed by atoms with Crippen molar-refractivity contribution >= 4 is 10.9 Å². The maximum atomic E-state index is 4.77. The molecule has 3 heteroatoms. The lowest BCUT2D eigenvalue weighted by atomic mass is 10.2. The first-order valence-corrected chi connectivity index (χ1v) is 7.10. The zero-order valence-electron chi connectivity index (χ0n) is 11.5. The minimum Gasteiger partial charge on any atom is -0.318 e. The van der Waals surface area contributed by atoms with Crippen molar-refractivity contribution in [2.45, 2.75) is 25.4 Å². The Morgan fingerprint density at radius 2 is 2.16 bits per heavy atom. The number of aromatic nitrogens is 1. The molecule has 1 fully saturated rings. The van der Waals surface area contributed by atoms with Gasteiger partial charge in [0, 0.05) is 24.5 Å². The van der Waals surface area contributed by atoms with Gasteiger partial charge in [0.1, 0.15) is 0 Å². The molecule has 1 aliphatic heterocycles. The van der Waals surface area contributed by atoms with E-state index >= 15 is 0 Å². The molecule has 1 N–H and O–H groups in total. The molecule has 2 aromatic rings. The topological polar surface area (TPSA) is 28.2 Å². The molecule has 1 saturated heterocycles. The monoisotopic (exact) mass is 255 g/mol. The highest BCUT2D eigenvalue weighted by molar-refractivity contribution is 5.78. The molecule has 100 valence electrons. The number of hydrogen-bond donors (Lipinski definition) is 1. The van der Waals surface area contributed by atoms with Crippen LogP contribution >= 0.6 is 0 Å². The summed E-state index contributed by atoms with van der Waals surface area (Å²) in [5.74, 6) is 0. The van der Waals surface area contributed by atoms with Gasteiger partial charge in [0.25, 0.3) is 0 Å². The molecule has 19 heavy (non-hydrogen) atoms.